The van der Waals surface area contributed by atoms with Gasteiger partial charge in [0.2, 0.25) is 0 Å². The Balaban J connectivity index is 2.37. The maximum Gasteiger partial charge on any atom is 0.335 e. The largest absolute Gasteiger partial charge is 0.478 e. The van der Waals surface area contributed by atoms with E-state index in [1.54, 1.807) is 30.3 Å². The summed E-state index contributed by atoms with van der Waals surface area (Å²) in [5, 5.41) is 10.2. The van der Waals surface area contributed by atoms with Crippen LogP contribution in [-0.4, -0.2) is 11.1 Å². The summed E-state index contributed by atoms with van der Waals surface area (Å²) < 4.78 is 0. The minimum absolute atomic E-state index is 0.295. The fraction of sp³-hybridized carbons (Fsp3) is 0.0714. The minimum atomic E-state index is -0.935. The molecule has 0 atom stereocenters. The van der Waals surface area contributed by atoms with Gasteiger partial charge in [0.05, 0.1) is 5.56 Å². The average Bonchev–Trinajstić information content (AvgIpc) is 2.33. The fourth-order valence-corrected chi connectivity index (χ4v) is 2.23. The maximum atomic E-state index is 11.1. The lowest BCUT2D eigenvalue weighted by Gasteiger charge is -2.08. The molecule has 18 heavy (non-hydrogen) atoms. The van der Waals surface area contributed by atoms with Crippen LogP contribution in [0.3, 0.4) is 0 Å². The Hall–Kier alpha value is -1.51. The molecule has 2 aromatic carbocycles. The van der Waals surface area contributed by atoms with E-state index in [1.165, 1.54) is 0 Å². The van der Waals surface area contributed by atoms with Crippen LogP contribution in [0.5, 0.6) is 0 Å². The van der Waals surface area contributed by atoms with Crippen LogP contribution in [-0.2, 0) is 6.42 Å². The first-order valence-electron chi connectivity index (χ1n) is 5.33. The number of carboxylic acid groups (broad SMARTS) is 1. The molecule has 0 aliphatic carbocycles. The molecule has 0 heterocycles. The molecule has 0 amide bonds. The van der Waals surface area contributed by atoms with E-state index in [-0.39, 0.29) is 0 Å². The second-order valence-corrected chi connectivity index (χ2v) is 4.72. The highest BCUT2D eigenvalue weighted by Gasteiger charge is 2.11. The van der Waals surface area contributed by atoms with Crippen LogP contribution in [0.2, 0.25) is 10.0 Å². The zero-order valence-electron chi connectivity index (χ0n) is 9.36. The van der Waals surface area contributed by atoms with Gasteiger partial charge in [-0.1, -0.05) is 47.5 Å². The number of aromatic carboxylic acids is 1. The molecule has 0 bridgehead atoms. The molecule has 0 radical (unpaired) electrons. The first-order valence-corrected chi connectivity index (χ1v) is 6.08. The van der Waals surface area contributed by atoms with Crippen LogP contribution < -0.4 is 0 Å². The van der Waals surface area contributed by atoms with Gasteiger partial charge in [0, 0.05) is 10.0 Å². The van der Waals surface area contributed by atoms with Crippen molar-refractivity contribution in [2.75, 3.05) is 0 Å². The number of rotatable bonds is 3. The van der Waals surface area contributed by atoms with Crippen molar-refractivity contribution in [3.63, 3.8) is 0 Å². The Bertz CT molecular complexity index is 594. The molecular weight excluding hydrogens is 271 g/mol. The smallest absolute Gasteiger partial charge is 0.335 e. The Morgan fingerprint density at radius 2 is 1.78 bits per heavy atom. The van der Waals surface area contributed by atoms with Crippen molar-refractivity contribution in [3.8, 4) is 0 Å². The van der Waals surface area contributed by atoms with Crippen molar-refractivity contribution in [1.29, 1.82) is 0 Å². The van der Waals surface area contributed by atoms with E-state index in [0.717, 1.165) is 11.1 Å². The fourth-order valence-electron chi connectivity index (χ4n) is 1.75. The molecule has 1 N–H and O–H groups in total. The predicted octanol–water partition coefficient (Wildman–Crippen LogP) is 4.28. The first kappa shape index (κ1) is 12.9. The van der Waals surface area contributed by atoms with Crippen molar-refractivity contribution in [1.82, 2.24) is 0 Å². The van der Waals surface area contributed by atoms with Crippen LogP contribution in [0.15, 0.2) is 42.5 Å². The quantitative estimate of drug-likeness (QED) is 0.911. The van der Waals surface area contributed by atoms with E-state index in [0.29, 0.717) is 22.0 Å². The highest BCUT2D eigenvalue weighted by molar-refractivity contribution is 6.35. The molecule has 4 heteroatoms. The molecule has 0 fully saturated rings. The lowest BCUT2D eigenvalue weighted by Crippen LogP contribution is -2.02. The van der Waals surface area contributed by atoms with E-state index in [1.807, 2.05) is 12.1 Å². The lowest BCUT2D eigenvalue weighted by molar-refractivity contribution is 0.0696. The van der Waals surface area contributed by atoms with Gasteiger partial charge in [0.25, 0.3) is 0 Å². The molecule has 2 nitrogen and oxygen atoms in total. The summed E-state index contributed by atoms with van der Waals surface area (Å²) in [7, 11) is 0. The van der Waals surface area contributed by atoms with E-state index in [4.69, 9.17) is 28.3 Å². The summed E-state index contributed by atoms with van der Waals surface area (Å²) in [6.07, 6.45) is 0.471. The van der Waals surface area contributed by atoms with E-state index in [9.17, 15) is 4.79 Å². The van der Waals surface area contributed by atoms with Gasteiger partial charge < -0.3 is 5.11 Å². The Morgan fingerprint density at radius 3 is 2.44 bits per heavy atom. The zero-order valence-corrected chi connectivity index (χ0v) is 10.9. The average molecular weight is 281 g/mol. The summed E-state index contributed by atoms with van der Waals surface area (Å²) in [6.45, 7) is 0. The van der Waals surface area contributed by atoms with Gasteiger partial charge in [0.15, 0.2) is 0 Å². The number of hydrogen-bond donors (Lipinski definition) is 1. The highest BCUT2D eigenvalue weighted by Crippen LogP contribution is 2.24. The van der Waals surface area contributed by atoms with Crippen LogP contribution in [0.4, 0.5) is 0 Å². The number of benzene rings is 2. The lowest BCUT2D eigenvalue weighted by atomic mass is 10.00. The minimum Gasteiger partial charge on any atom is -0.478 e. The summed E-state index contributed by atoms with van der Waals surface area (Å²) in [6, 6.07) is 12.1. The summed E-state index contributed by atoms with van der Waals surface area (Å²) in [5.41, 5.74) is 1.88. The molecule has 0 saturated heterocycles. The van der Waals surface area contributed by atoms with Gasteiger partial charge in [-0.15, -0.1) is 0 Å². The zero-order chi connectivity index (χ0) is 13.1. The van der Waals surface area contributed by atoms with Gasteiger partial charge in [0.1, 0.15) is 0 Å². The third-order valence-electron chi connectivity index (χ3n) is 2.64. The second kappa shape index (κ2) is 5.42. The van der Waals surface area contributed by atoms with Gasteiger partial charge in [-0.25, -0.2) is 4.79 Å². The van der Waals surface area contributed by atoms with Crippen LogP contribution in [0, 0.1) is 0 Å². The maximum absolute atomic E-state index is 11.1. The van der Waals surface area contributed by atoms with E-state index >= 15 is 0 Å². The Morgan fingerprint density at radius 1 is 1.06 bits per heavy atom. The number of hydrogen-bond acceptors (Lipinski definition) is 1. The third-order valence-corrected chi connectivity index (χ3v) is 3.23. The second-order valence-electron chi connectivity index (χ2n) is 3.87. The monoisotopic (exact) mass is 280 g/mol. The molecular formula is C14H10Cl2O2. The third kappa shape index (κ3) is 2.84. The highest BCUT2D eigenvalue weighted by atomic mass is 35.5. The molecule has 0 saturated carbocycles. The van der Waals surface area contributed by atoms with Gasteiger partial charge in [-0.2, -0.15) is 0 Å². The van der Waals surface area contributed by atoms with Crippen LogP contribution in [0.25, 0.3) is 0 Å². The SMILES string of the molecule is O=C(O)c1ccccc1Cc1ccc(Cl)cc1Cl. The van der Waals surface area contributed by atoms with E-state index in [2.05, 4.69) is 0 Å². The molecule has 0 aromatic heterocycles. The van der Waals surface area contributed by atoms with Crippen LogP contribution in [0.1, 0.15) is 21.5 Å². The van der Waals surface area contributed by atoms with Crippen molar-refractivity contribution in [2.24, 2.45) is 0 Å². The molecule has 2 aromatic rings. The van der Waals surface area contributed by atoms with Crippen molar-refractivity contribution in [2.45, 2.75) is 6.42 Å². The van der Waals surface area contributed by atoms with Crippen molar-refractivity contribution < 1.29 is 9.90 Å². The summed E-state index contributed by atoms with van der Waals surface area (Å²) in [4.78, 5) is 11.1. The van der Waals surface area contributed by atoms with Crippen molar-refractivity contribution in [3.05, 3.63) is 69.2 Å². The standard InChI is InChI=1S/C14H10Cl2O2/c15-11-6-5-10(13(16)8-11)7-9-3-1-2-4-12(9)14(17)18/h1-6,8H,7H2,(H,17,18). The van der Waals surface area contributed by atoms with Gasteiger partial charge in [-0.05, 0) is 35.7 Å². The molecule has 0 spiro atoms. The molecule has 0 aliphatic heterocycles. The predicted molar refractivity (Wildman–Crippen MR) is 72.7 cm³/mol. The van der Waals surface area contributed by atoms with E-state index < -0.39 is 5.97 Å². The van der Waals surface area contributed by atoms with Crippen LogP contribution >= 0.6 is 23.2 Å². The summed E-state index contributed by atoms with van der Waals surface area (Å²) >= 11 is 11.9. The Kier molecular flexibility index (Phi) is 3.90. The molecule has 0 unspecified atom stereocenters. The molecule has 2 rings (SSSR count). The number of carbonyl (C=O) groups is 1. The number of halogens is 2. The van der Waals surface area contributed by atoms with Gasteiger partial charge in [-0.3, -0.25) is 0 Å². The first-order chi connectivity index (χ1) is 8.58. The molecule has 0 aliphatic rings. The topological polar surface area (TPSA) is 37.3 Å². The Labute approximate surface area is 115 Å². The normalized spacial score (nSPS) is 10.3. The van der Waals surface area contributed by atoms with Gasteiger partial charge >= 0.3 is 5.97 Å². The summed E-state index contributed by atoms with van der Waals surface area (Å²) in [5.74, 6) is -0.935. The van der Waals surface area contributed by atoms with Crippen molar-refractivity contribution >= 4 is 29.2 Å². The number of carboxylic acids is 1. The molecule has 92 valence electrons.